The second-order valence-corrected chi connectivity index (χ2v) is 7.42. The molecule has 0 N–H and O–H groups in total. The van der Waals surface area contributed by atoms with Crippen molar-refractivity contribution in [2.24, 2.45) is 0 Å². The highest BCUT2D eigenvalue weighted by Crippen LogP contribution is 2.28. The minimum Gasteiger partial charge on any atom is -0.496 e. The summed E-state index contributed by atoms with van der Waals surface area (Å²) in [5, 5.41) is 9.21. The molecule has 2 aliphatic rings. The van der Waals surface area contributed by atoms with Gasteiger partial charge in [-0.25, -0.2) is 4.98 Å². The van der Waals surface area contributed by atoms with Gasteiger partial charge < -0.3 is 19.0 Å². The smallest absolute Gasteiger partial charge is 0.236 e. The number of carbonyl (C=O) groups excluding carboxylic acids is 1. The number of aromatic nitrogens is 1. The minimum absolute atomic E-state index is 0.144. The first-order valence-corrected chi connectivity index (χ1v) is 9.86. The van der Waals surface area contributed by atoms with E-state index in [-0.39, 0.29) is 5.91 Å². The molecule has 152 valence electrons. The van der Waals surface area contributed by atoms with Gasteiger partial charge in [-0.2, -0.15) is 5.26 Å². The van der Waals surface area contributed by atoms with Crippen molar-refractivity contribution in [2.75, 3.05) is 51.3 Å². The van der Waals surface area contributed by atoms with E-state index in [0.717, 1.165) is 25.3 Å². The van der Waals surface area contributed by atoms with Crippen LogP contribution in [0.1, 0.15) is 22.7 Å². The number of amides is 1. The average Bonchev–Trinajstić information content (AvgIpc) is 3.14. The lowest BCUT2D eigenvalue weighted by molar-refractivity contribution is -0.133. The van der Waals surface area contributed by atoms with Crippen LogP contribution in [0.15, 0.2) is 22.6 Å². The number of nitrogens with zero attached hydrogens (tertiary/aromatic N) is 5. The third kappa shape index (κ3) is 3.91. The topological polar surface area (TPSA) is 85.8 Å². The number of methoxy groups -OCH3 is 1. The number of piperazine rings is 1. The lowest BCUT2D eigenvalue weighted by Crippen LogP contribution is -2.51. The van der Waals surface area contributed by atoms with Crippen LogP contribution in [-0.4, -0.2) is 67.1 Å². The SMILES string of the molecule is COc1cccc2c1CCN(CC(=O)N1CCN(c3oc(C)nc3C#N)CC1)C2. The van der Waals surface area contributed by atoms with Crippen molar-refractivity contribution in [3.05, 3.63) is 40.9 Å². The molecule has 29 heavy (non-hydrogen) atoms. The summed E-state index contributed by atoms with van der Waals surface area (Å²) in [4.78, 5) is 23.0. The van der Waals surface area contributed by atoms with E-state index in [9.17, 15) is 10.1 Å². The van der Waals surface area contributed by atoms with Crippen LogP contribution in [0.5, 0.6) is 5.75 Å². The molecule has 0 radical (unpaired) electrons. The van der Waals surface area contributed by atoms with Gasteiger partial charge in [0.05, 0.1) is 13.7 Å². The maximum absolute atomic E-state index is 12.8. The Kier molecular flexibility index (Phi) is 5.41. The standard InChI is InChI=1S/C21H25N5O3/c1-15-23-18(12-22)21(29-15)26-10-8-25(9-11-26)20(27)14-24-7-6-17-16(13-24)4-3-5-19(17)28-2/h3-5H,6-11,13-14H2,1-2H3. The quantitative estimate of drug-likeness (QED) is 0.777. The molecule has 8 nitrogen and oxygen atoms in total. The van der Waals surface area contributed by atoms with Crippen molar-refractivity contribution in [1.82, 2.24) is 14.8 Å². The Labute approximate surface area is 170 Å². The monoisotopic (exact) mass is 395 g/mol. The molecular weight excluding hydrogens is 370 g/mol. The Morgan fingerprint density at radius 1 is 1.28 bits per heavy atom. The number of oxazole rings is 1. The molecule has 1 fully saturated rings. The maximum atomic E-state index is 12.8. The summed E-state index contributed by atoms with van der Waals surface area (Å²) in [5.41, 5.74) is 2.80. The Morgan fingerprint density at radius 3 is 2.79 bits per heavy atom. The summed E-state index contributed by atoms with van der Waals surface area (Å²) in [7, 11) is 1.70. The molecular formula is C21H25N5O3. The fraction of sp³-hybridized carbons (Fsp3) is 0.476. The normalized spacial score (nSPS) is 17.0. The zero-order valence-corrected chi connectivity index (χ0v) is 16.8. The zero-order chi connectivity index (χ0) is 20.4. The third-order valence-corrected chi connectivity index (χ3v) is 5.62. The van der Waals surface area contributed by atoms with Crippen molar-refractivity contribution in [2.45, 2.75) is 19.9 Å². The highest BCUT2D eigenvalue weighted by atomic mass is 16.5. The maximum Gasteiger partial charge on any atom is 0.236 e. The summed E-state index contributed by atoms with van der Waals surface area (Å²) in [5.74, 6) is 2.07. The molecule has 0 bridgehead atoms. The molecule has 0 saturated carbocycles. The number of aryl methyl sites for hydroxylation is 1. The van der Waals surface area contributed by atoms with E-state index in [2.05, 4.69) is 22.0 Å². The third-order valence-electron chi connectivity index (χ3n) is 5.62. The molecule has 0 unspecified atom stereocenters. The first-order valence-electron chi connectivity index (χ1n) is 9.86. The molecule has 3 heterocycles. The lowest BCUT2D eigenvalue weighted by atomic mass is 9.98. The van der Waals surface area contributed by atoms with Gasteiger partial charge in [-0.05, 0) is 23.6 Å². The predicted octanol–water partition coefficient (Wildman–Crippen LogP) is 1.57. The zero-order valence-electron chi connectivity index (χ0n) is 16.8. The van der Waals surface area contributed by atoms with E-state index in [1.165, 1.54) is 11.1 Å². The number of benzene rings is 1. The molecule has 1 amide bonds. The number of rotatable bonds is 4. The van der Waals surface area contributed by atoms with E-state index < -0.39 is 0 Å². The van der Waals surface area contributed by atoms with E-state index in [4.69, 9.17) is 9.15 Å². The van der Waals surface area contributed by atoms with Crippen LogP contribution in [0.25, 0.3) is 0 Å². The summed E-state index contributed by atoms with van der Waals surface area (Å²) in [6, 6.07) is 8.18. The number of hydrogen-bond acceptors (Lipinski definition) is 7. The van der Waals surface area contributed by atoms with E-state index in [1.807, 2.05) is 21.9 Å². The van der Waals surface area contributed by atoms with Crippen LogP contribution >= 0.6 is 0 Å². The first-order chi connectivity index (χ1) is 14.1. The first kappa shape index (κ1) is 19.3. The van der Waals surface area contributed by atoms with Gasteiger partial charge in [0.25, 0.3) is 0 Å². The lowest BCUT2D eigenvalue weighted by Gasteiger charge is -2.36. The van der Waals surface area contributed by atoms with Crippen LogP contribution in [-0.2, 0) is 17.8 Å². The van der Waals surface area contributed by atoms with Crippen LogP contribution in [0, 0.1) is 18.3 Å². The number of fused-ring (bicyclic) bond motifs is 1. The fourth-order valence-electron chi connectivity index (χ4n) is 4.11. The molecule has 0 spiro atoms. The largest absolute Gasteiger partial charge is 0.496 e. The molecule has 1 aromatic heterocycles. The fourth-order valence-corrected chi connectivity index (χ4v) is 4.11. The van der Waals surface area contributed by atoms with Gasteiger partial charge in [-0.1, -0.05) is 12.1 Å². The summed E-state index contributed by atoms with van der Waals surface area (Å²) >= 11 is 0. The Bertz CT molecular complexity index is 940. The van der Waals surface area contributed by atoms with Crippen molar-refractivity contribution in [3.63, 3.8) is 0 Å². The number of hydrogen-bond donors (Lipinski definition) is 0. The van der Waals surface area contributed by atoms with Gasteiger partial charge in [-0.15, -0.1) is 0 Å². The van der Waals surface area contributed by atoms with Crippen LogP contribution in [0.4, 0.5) is 5.88 Å². The van der Waals surface area contributed by atoms with Gasteiger partial charge in [0.1, 0.15) is 11.8 Å². The number of anilines is 1. The second kappa shape index (κ2) is 8.13. The van der Waals surface area contributed by atoms with Crippen molar-refractivity contribution in [1.29, 1.82) is 5.26 Å². The molecule has 2 aromatic rings. The molecule has 4 rings (SSSR count). The van der Waals surface area contributed by atoms with Crippen LogP contribution in [0.3, 0.4) is 0 Å². The van der Waals surface area contributed by atoms with Gasteiger partial charge >= 0.3 is 0 Å². The Hall–Kier alpha value is -3.05. The van der Waals surface area contributed by atoms with Crippen LogP contribution in [0.2, 0.25) is 0 Å². The molecule has 0 atom stereocenters. The summed E-state index contributed by atoms with van der Waals surface area (Å²) in [6.45, 7) is 6.26. The highest BCUT2D eigenvalue weighted by molar-refractivity contribution is 5.78. The molecule has 1 aromatic carbocycles. The number of carbonyl (C=O) groups is 1. The van der Waals surface area contributed by atoms with E-state index >= 15 is 0 Å². The van der Waals surface area contributed by atoms with Crippen molar-refractivity contribution < 1.29 is 13.9 Å². The van der Waals surface area contributed by atoms with Gasteiger partial charge in [-0.3, -0.25) is 9.69 Å². The summed E-state index contributed by atoms with van der Waals surface area (Å²) < 4.78 is 11.0. The number of ether oxygens (including phenoxy) is 1. The minimum atomic E-state index is 0.144. The van der Waals surface area contributed by atoms with Gasteiger partial charge in [0.15, 0.2) is 5.89 Å². The Morgan fingerprint density at radius 2 is 2.07 bits per heavy atom. The van der Waals surface area contributed by atoms with Gasteiger partial charge in [0.2, 0.25) is 17.5 Å². The highest BCUT2D eigenvalue weighted by Gasteiger charge is 2.28. The Balaban J connectivity index is 1.33. The molecule has 0 aliphatic carbocycles. The van der Waals surface area contributed by atoms with E-state index in [1.54, 1.807) is 14.0 Å². The number of nitriles is 1. The molecule has 1 saturated heterocycles. The van der Waals surface area contributed by atoms with E-state index in [0.29, 0.717) is 50.2 Å². The molecule has 8 heteroatoms. The second-order valence-electron chi connectivity index (χ2n) is 7.42. The van der Waals surface area contributed by atoms with Crippen molar-refractivity contribution >= 4 is 11.8 Å². The predicted molar refractivity (Wildman–Crippen MR) is 107 cm³/mol. The molecule has 2 aliphatic heterocycles. The summed E-state index contributed by atoms with van der Waals surface area (Å²) in [6.07, 6.45) is 0.891. The van der Waals surface area contributed by atoms with Crippen molar-refractivity contribution in [3.8, 4) is 11.8 Å². The average molecular weight is 395 g/mol. The van der Waals surface area contributed by atoms with Crippen LogP contribution < -0.4 is 9.64 Å². The van der Waals surface area contributed by atoms with Gasteiger partial charge in [0, 0.05) is 46.2 Å².